The minimum atomic E-state index is -0.162. The molecular formula is C20H25NO3. The predicted octanol–water partition coefficient (Wildman–Crippen LogP) is 4.07. The Bertz CT molecular complexity index is 670. The fourth-order valence-corrected chi connectivity index (χ4v) is 2.73. The first-order valence-electron chi connectivity index (χ1n) is 8.11. The van der Waals surface area contributed by atoms with E-state index >= 15 is 0 Å². The maximum atomic E-state index is 12.4. The van der Waals surface area contributed by atoms with Gasteiger partial charge in [-0.2, -0.15) is 0 Å². The fourth-order valence-electron chi connectivity index (χ4n) is 2.73. The topological polar surface area (TPSA) is 47.6 Å². The Morgan fingerprint density at radius 2 is 1.75 bits per heavy atom. The normalized spacial score (nSPS) is 13.0. The molecule has 0 saturated carbocycles. The van der Waals surface area contributed by atoms with Crippen LogP contribution in [0.4, 0.5) is 0 Å². The molecule has 0 saturated heterocycles. The van der Waals surface area contributed by atoms with E-state index in [0.29, 0.717) is 6.42 Å². The van der Waals surface area contributed by atoms with Crippen LogP contribution in [-0.2, 0) is 4.79 Å². The number of methoxy groups -OCH3 is 2. The summed E-state index contributed by atoms with van der Waals surface area (Å²) in [5.41, 5.74) is 2.07. The molecule has 0 fully saturated rings. The first-order valence-corrected chi connectivity index (χ1v) is 8.11. The first-order chi connectivity index (χ1) is 11.5. The second-order valence-electron chi connectivity index (χ2n) is 5.91. The number of hydrogen-bond acceptors (Lipinski definition) is 3. The minimum Gasteiger partial charge on any atom is -0.497 e. The molecule has 1 N–H and O–H groups in total. The van der Waals surface area contributed by atoms with E-state index in [0.717, 1.165) is 17.1 Å². The summed E-state index contributed by atoms with van der Waals surface area (Å²) >= 11 is 0. The van der Waals surface area contributed by atoms with Gasteiger partial charge in [0, 0.05) is 12.0 Å². The van der Waals surface area contributed by atoms with Crippen molar-refractivity contribution in [3.63, 3.8) is 0 Å². The molecule has 0 bridgehead atoms. The lowest BCUT2D eigenvalue weighted by Crippen LogP contribution is -2.27. The van der Waals surface area contributed by atoms with Crippen molar-refractivity contribution in [3.8, 4) is 11.5 Å². The van der Waals surface area contributed by atoms with Crippen LogP contribution in [0.3, 0.4) is 0 Å². The quantitative estimate of drug-likeness (QED) is 0.834. The Labute approximate surface area is 143 Å². The van der Waals surface area contributed by atoms with Gasteiger partial charge in [-0.15, -0.1) is 0 Å². The first kappa shape index (κ1) is 17.9. The van der Waals surface area contributed by atoms with Gasteiger partial charge in [0.05, 0.1) is 20.3 Å². The summed E-state index contributed by atoms with van der Waals surface area (Å²) < 4.78 is 10.7. The molecule has 0 spiro atoms. The molecule has 2 rings (SSSR count). The number of hydrogen-bond donors (Lipinski definition) is 1. The van der Waals surface area contributed by atoms with Crippen molar-refractivity contribution in [1.29, 1.82) is 0 Å². The van der Waals surface area contributed by atoms with Crippen LogP contribution in [0.15, 0.2) is 48.5 Å². The summed E-state index contributed by atoms with van der Waals surface area (Å²) in [5.74, 6) is 1.67. The van der Waals surface area contributed by atoms with E-state index in [2.05, 4.69) is 12.2 Å². The van der Waals surface area contributed by atoms with Crippen LogP contribution in [0.25, 0.3) is 0 Å². The van der Waals surface area contributed by atoms with Gasteiger partial charge in [-0.1, -0.05) is 37.3 Å². The number of rotatable bonds is 7. The minimum absolute atomic E-state index is 0.0173. The molecule has 0 aliphatic carbocycles. The Morgan fingerprint density at radius 1 is 1.04 bits per heavy atom. The van der Waals surface area contributed by atoms with E-state index in [1.54, 1.807) is 14.2 Å². The molecule has 4 nitrogen and oxygen atoms in total. The third-order valence-electron chi connectivity index (χ3n) is 4.14. The monoisotopic (exact) mass is 327 g/mol. The molecule has 2 atom stereocenters. The summed E-state index contributed by atoms with van der Waals surface area (Å²) in [6, 6.07) is 15.5. The predicted molar refractivity (Wildman–Crippen MR) is 95.6 cm³/mol. The molecule has 1 amide bonds. The highest BCUT2D eigenvalue weighted by molar-refractivity contribution is 5.77. The maximum absolute atomic E-state index is 12.4. The van der Waals surface area contributed by atoms with Gasteiger partial charge in [0.2, 0.25) is 5.91 Å². The number of carbonyl (C=O) groups excluding carboxylic acids is 1. The van der Waals surface area contributed by atoms with Crippen LogP contribution in [0.5, 0.6) is 11.5 Å². The average Bonchev–Trinajstić information content (AvgIpc) is 2.61. The Kier molecular flexibility index (Phi) is 6.24. The molecule has 0 heterocycles. The molecule has 24 heavy (non-hydrogen) atoms. The van der Waals surface area contributed by atoms with Crippen molar-refractivity contribution in [3.05, 3.63) is 59.7 Å². The van der Waals surface area contributed by atoms with Crippen LogP contribution in [-0.4, -0.2) is 20.1 Å². The Balaban J connectivity index is 2.03. The van der Waals surface area contributed by atoms with Crippen molar-refractivity contribution in [2.24, 2.45) is 0 Å². The van der Waals surface area contributed by atoms with Gasteiger partial charge in [0.25, 0.3) is 0 Å². The van der Waals surface area contributed by atoms with E-state index < -0.39 is 0 Å². The van der Waals surface area contributed by atoms with Gasteiger partial charge in [-0.3, -0.25) is 4.79 Å². The van der Waals surface area contributed by atoms with Crippen LogP contribution in [0.1, 0.15) is 43.4 Å². The smallest absolute Gasteiger partial charge is 0.221 e. The van der Waals surface area contributed by atoms with Crippen molar-refractivity contribution in [1.82, 2.24) is 5.32 Å². The summed E-state index contributed by atoms with van der Waals surface area (Å²) in [4.78, 5) is 12.4. The Morgan fingerprint density at radius 3 is 2.38 bits per heavy atom. The van der Waals surface area contributed by atoms with Gasteiger partial charge < -0.3 is 14.8 Å². The van der Waals surface area contributed by atoms with Gasteiger partial charge in [0.1, 0.15) is 11.5 Å². The third kappa shape index (κ3) is 4.51. The molecule has 4 heteroatoms. The number of benzene rings is 2. The van der Waals surface area contributed by atoms with Crippen LogP contribution < -0.4 is 14.8 Å². The largest absolute Gasteiger partial charge is 0.497 e. The van der Waals surface area contributed by atoms with Crippen LogP contribution >= 0.6 is 0 Å². The molecule has 0 aromatic heterocycles. The lowest BCUT2D eigenvalue weighted by atomic mass is 9.97. The molecule has 2 aromatic carbocycles. The molecule has 0 radical (unpaired) electrons. The highest BCUT2D eigenvalue weighted by Gasteiger charge is 2.17. The van der Waals surface area contributed by atoms with Crippen LogP contribution in [0.2, 0.25) is 0 Å². The number of ether oxygens (including phenoxy) is 2. The molecular weight excluding hydrogens is 302 g/mol. The van der Waals surface area contributed by atoms with Crippen molar-refractivity contribution in [2.75, 3.05) is 14.2 Å². The SMILES string of the molecule is COc1ccc(OC)c(C(C)NC(=O)CC(C)c2ccccc2)c1. The van der Waals surface area contributed by atoms with E-state index in [1.807, 2.05) is 55.5 Å². The van der Waals surface area contributed by atoms with Gasteiger partial charge in [-0.05, 0) is 36.6 Å². The average molecular weight is 327 g/mol. The summed E-state index contributed by atoms with van der Waals surface area (Å²) in [6.45, 7) is 4.01. The van der Waals surface area contributed by atoms with Crippen molar-refractivity contribution < 1.29 is 14.3 Å². The summed E-state index contributed by atoms with van der Waals surface area (Å²) in [5, 5.41) is 3.05. The van der Waals surface area contributed by atoms with E-state index in [4.69, 9.17) is 9.47 Å². The van der Waals surface area contributed by atoms with E-state index in [9.17, 15) is 4.79 Å². The van der Waals surface area contributed by atoms with Crippen molar-refractivity contribution >= 4 is 5.91 Å². The lowest BCUT2D eigenvalue weighted by molar-refractivity contribution is -0.122. The number of amides is 1. The van der Waals surface area contributed by atoms with Gasteiger partial charge in [-0.25, -0.2) is 0 Å². The second kappa shape index (κ2) is 8.39. The van der Waals surface area contributed by atoms with E-state index in [-0.39, 0.29) is 17.9 Å². The zero-order valence-electron chi connectivity index (χ0n) is 14.7. The maximum Gasteiger partial charge on any atom is 0.221 e. The molecule has 2 unspecified atom stereocenters. The second-order valence-corrected chi connectivity index (χ2v) is 5.91. The fraction of sp³-hybridized carbons (Fsp3) is 0.350. The standard InChI is InChI=1S/C20H25NO3/c1-14(16-8-6-5-7-9-16)12-20(22)21-15(2)18-13-17(23-3)10-11-19(18)24-4/h5-11,13-15H,12H2,1-4H3,(H,21,22). The third-order valence-corrected chi connectivity index (χ3v) is 4.14. The molecule has 0 aliphatic heterocycles. The van der Waals surface area contributed by atoms with Crippen molar-refractivity contribution in [2.45, 2.75) is 32.2 Å². The van der Waals surface area contributed by atoms with Crippen LogP contribution in [0, 0.1) is 0 Å². The summed E-state index contributed by atoms with van der Waals surface area (Å²) in [7, 11) is 3.24. The lowest BCUT2D eigenvalue weighted by Gasteiger charge is -2.19. The highest BCUT2D eigenvalue weighted by Crippen LogP contribution is 2.29. The molecule has 0 aliphatic rings. The van der Waals surface area contributed by atoms with Gasteiger partial charge >= 0.3 is 0 Å². The zero-order valence-corrected chi connectivity index (χ0v) is 14.7. The number of carbonyl (C=O) groups is 1. The Hall–Kier alpha value is -2.49. The highest BCUT2D eigenvalue weighted by atomic mass is 16.5. The zero-order chi connectivity index (χ0) is 17.5. The molecule has 128 valence electrons. The summed E-state index contributed by atoms with van der Waals surface area (Å²) in [6.07, 6.45) is 0.445. The van der Waals surface area contributed by atoms with E-state index in [1.165, 1.54) is 5.56 Å². The molecule has 2 aromatic rings. The van der Waals surface area contributed by atoms with Gasteiger partial charge in [0.15, 0.2) is 0 Å². The number of nitrogens with one attached hydrogen (secondary N) is 1.